The van der Waals surface area contributed by atoms with Crippen LogP contribution in [0.15, 0.2) is 18.2 Å². The number of amides is 1. The number of nitrogens with one attached hydrogen (secondary N) is 2. The molecule has 0 unspecified atom stereocenters. The summed E-state index contributed by atoms with van der Waals surface area (Å²) in [7, 11) is 1.43. The van der Waals surface area contributed by atoms with Crippen LogP contribution in [0.5, 0.6) is 5.75 Å². The quantitative estimate of drug-likeness (QED) is 0.389. The molecule has 2 rings (SSSR count). The smallest absolute Gasteiger partial charge is 0.416 e. The number of esters is 2. The van der Waals surface area contributed by atoms with Crippen molar-refractivity contribution in [3.8, 4) is 5.75 Å². The highest BCUT2D eigenvalue weighted by molar-refractivity contribution is 6.00. The fourth-order valence-corrected chi connectivity index (χ4v) is 3.02. The van der Waals surface area contributed by atoms with Crippen molar-refractivity contribution >= 4 is 23.5 Å². The largest absolute Gasteiger partial charge is 0.489 e. The molecule has 0 bridgehead atoms. The Morgan fingerprint density at radius 2 is 1.76 bits per heavy atom. The number of methoxy groups -OCH3 is 1. The predicted octanol–water partition coefficient (Wildman–Crippen LogP) is 3.65. The Labute approximate surface area is 193 Å². The van der Waals surface area contributed by atoms with Crippen LogP contribution in [-0.4, -0.2) is 56.4 Å². The minimum absolute atomic E-state index is 0.0142. The Hall–Kier alpha value is -3.54. The number of benzene rings is 1. The van der Waals surface area contributed by atoms with E-state index in [4.69, 9.17) is 18.9 Å². The molecule has 0 saturated carbocycles. The molecule has 0 fully saturated rings. The van der Waals surface area contributed by atoms with Gasteiger partial charge in [-0.05, 0) is 44.5 Å². The molecule has 1 heterocycles. The zero-order valence-corrected chi connectivity index (χ0v) is 19.1. The van der Waals surface area contributed by atoms with Gasteiger partial charge in [-0.15, -0.1) is 0 Å². The lowest BCUT2D eigenvalue weighted by atomic mass is 10.1. The van der Waals surface area contributed by atoms with Crippen molar-refractivity contribution in [3.63, 3.8) is 0 Å². The molecule has 0 radical (unpaired) electrons. The summed E-state index contributed by atoms with van der Waals surface area (Å²) in [6.07, 6.45) is -4.64. The molecule has 0 aliphatic carbocycles. The van der Waals surface area contributed by atoms with E-state index in [1.165, 1.54) is 14.0 Å². The number of halogens is 3. The fraction of sp³-hybridized carbons (Fsp3) is 0.409. The van der Waals surface area contributed by atoms with Crippen molar-refractivity contribution in [2.24, 2.45) is 0 Å². The van der Waals surface area contributed by atoms with Gasteiger partial charge in [-0.1, -0.05) is 0 Å². The van der Waals surface area contributed by atoms with E-state index >= 15 is 0 Å². The second-order valence-corrected chi connectivity index (χ2v) is 7.02. The van der Waals surface area contributed by atoms with Crippen molar-refractivity contribution in [1.29, 1.82) is 0 Å². The van der Waals surface area contributed by atoms with E-state index in [0.717, 1.165) is 12.1 Å². The molecular formula is C22H25F3N2O7. The molecule has 2 aromatic rings. The number of aromatic nitrogens is 1. The summed E-state index contributed by atoms with van der Waals surface area (Å²) in [5.74, 6) is -2.45. The number of H-pyrrole nitrogens is 1. The van der Waals surface area contributed by atoms with Crippen molar-refractivity contribution in [2.45, 2.75) is 26.9 Å². The van der Waals surface area contributed by atoms with Crippen LogP contribution in [0.4, 0.5) is 18.9 Å². The summed E-state index contributed by atoms with van der Waals surface area (Å²) in [4.78, 5) is 39.5. The van der Waals surface area contributed by atoms with Crippen LogP contribution < -0.4 is 10.1 Å². The molecular weight excluding hydrogens is 461 g/mol. The second kappa shape index (κ2) is 11.5. The van der Waals surface area contributed by atoms with Gasteiger partial charge < -0.3 is 29.2 Å². The first-order valence-corrected chi connectivity index (χ1v) is 10.2. The average Bonchev–Trinajstić information content (AvgIpc) is 3.06. The first kappa shape index (κ1) is 26.7. The SMILES string of the molecule is CCOC(=O)c1c(C)[nH]c(C(=O)OCC(=O)Nc2cc(C(F)(F)F)ccc2OCCOC)c1C. The highest BCUT2D eigenvalue weighted by atomic mass is 19.4. The zero-order valence-electron chi connectivity index (χ0n) is 19.1. The van der Waals surface area contributed by atoms with Crippen molar-refractivity contribution in [1.82, 2.24) is 4.98 Å². The first-order chi connectivity index (χ1) is 16.0. The molecule has 0 aliphatic heterocycles. The van der Waals surface area contributed by atoms with Crippen LogP contribution in [0.25, 0.3) is 0 Å². The summed E-state index contributed by atoms with van der Waals surface area (Å²) in [6, 6.07) is 2.60. The monoisotopic (exact) mass is 486 g/mol. The van der Waals surface area contributed by atoms with E-state index in [-0.39, 0.29) is 48.1 Å². The van der Waals surface area contributed by atoms with E-state index in [2.05, 4.69) is 10.3 Å². The molecule has 1 amide bonds. The van der Waals surface area contributed by atoms with Crippen LogP contribution in [0.3, 0.4) is 0 Å². The summed E-state index contributed by atoms with van der Waals surface area (Å²) in [6.45, 7) is 4.29. The second-order valence-electron chi connectivity index (χ2n) is 7.02. The number of ether oxygens (including phenoxy) is 4. The molecule has 9 nitrogen and oxygen atoms in total. The number of anilines is 1. The molecule has 1 aromatic heterocycles. The molecule has 1 aromatic carbocycles. The number of alkyl halides is 3. The summed E-state index contributed by atoms with van der Waals surface area (Å²) in [5.41, 5.74) is -0.440. The van der Waals surface area contributed by atoms with Gasteiger partial charge in [0.15, 0.2) is 6.61 Å². The number of rotatable bonds is 10. The Morgan fingerprint density at radius 1 is 1.06 bits per heavy atom. The number of hydrogen-bond acceptors (Lipinski definition) is 7. The summed E-state index contributed by atoms with van der Waals surface area (Å²) < 4.78 is 59.4. The maximum Gasteiger partial charge on any atom is 0.416 e. The van der Waals surface area contributed by atoms with Crippen molar-refractivity contribution < 1.29 is 46.5 Å². The molecule has 0 saturated heterocycles. The molecule has 34 heavy (non-hydrogen) atoms. The Morgan fingerprint density at radius 3 is 2.38 bits per heavy atom. The van der Waals surface area contributed by atoms with Crippen molar-refractivity contribution in [2.75, 3.05) is 38.9 Å². The van der Waals surface area contributed by atoms with E-state index < -0.39 is 36.2 Å². The predicted molar refractivity (Wildman–Crippen MR) is 114 cm³/mol. The van der Waals surface area contributed by atoms with E-state index in [0.29, 0.717) is 11.8 Å². The maximum atomic E-state index is 13.1. The van der Waals surface area contributed by atoms with E-state index in [9.17, 15) is 27.6 Å². The van der Waals surface area contributed by atoms with Crippen LogP contribution in [0.1, 0.15) is 44.6 Å². The lowest BCUT2D eigenvalue weighted by molar-refractivity contribution is -0.137. The van der Waals surface area contributed by atoms with Gasteiger partial charge >= 0.3 is 18.1 Å². The van der Waals surface area contributed by atoms with Crippen LogP contribution in [-0.2, 0) is 25.2 Å². The zero-order chi connectivity index (χ0) is 25.5. The lowest BCUT2D eigenvalue weighted by Gasteiger charge is -2.15. The van der Waals surface area contributed by atoms with Gasteiger partial charge in [0.25, 0.3) is 5.91 Å². The van der Waals surface area contributed by atoms with Gasteiger partial charge in [-0.2, -0.15) is 13.2 Å². The van der Waals surface area contributed by atoms with Gasteiger partial charge in [-0.25, -0.2) is 9.59 Å². The third-order valence-corrected chi connectivity index (χ3v) is 4.58. The number of aryl methyl sites for hydroxylation is 1. The van der Waals surface area contributed by atoms with Crippen LogP contribution in [0.2, 0.25) is 0 Å². The number of hydrogen-bond donors (Lipinski definition) is 2. The van der Waals surface area contributed by atoms with Crippen LogP contribution >= 0.6 is 0 Å². The van der Waals surface area contributed by atoms with Crippen molar-refractivity contribution in [3.05, 3.63) is 46.3 Å². The maximum absolute atomic E-state index is 13.1. The van der Waals surface area contributed by atoms with Gasteiger partial charge in [0.2, 0.25) is 0 Å². The molecule has 0 aliphatic rings. The van der Waals surface area contributed by atoms with Crippen LogP contribution in [0, 0.1) is 13.8 Å². The van der Waals surface area contributed by atoms with Gasteiger partial charge in [0, 0.05) is 12.8 Å². The third kappa shape index (κ3) is 6.73. The van der Waals surface area contributed by atoms with E-state index in [1.54, 1.807) is 13.8 Å². The standard InChI is InChI=1S/C22H25F3N2O7/c1-5-32-20(29)18-12(2)19(26-13(18)3)21(30)34-11-17(28)27-15-10-14(22(23,24)25)6-7-16(15)33-9-8-31-4/h6-7,10,26H,5,8-9,11H2,1-4H3,(H,27,28). The lowest BCUT2D eigenvalue weighted by Crippen LogP contribution is -2.22. The van der Waals surface area contributed by atoms with Gasteiger partial charge in [0.1, 0.15) is 18.1 Å². The Balaban J connectivity index is 2.12. The minimum atomic E-state index is -4.64. The minimum Gasteiger partial charge on any atom is -0.489 e. The normalized spacial score (nSPS) is 11.1. The van der Waals surface area contributed by atoms with E-state index in [1.807, 2.05) is 0 Å². The first-order valence-electron chi connectivity index (χ1n) is 10.2. The highest BCUT2D eigenvalue weighted by Gasteiger charge is 2.31. The summed E-state index contributed by atoms with van der Waals surface area (Å²) >= 11 is 0. The molecule has 0 atom stereocenters. The molecule has 186 valence electrons. The fourth-order valence-electron chi connectivity index (χ4n) is 3.02. The van der Waals surface area contributed by atoms with Gasteiger partial charge in [-0.3, -0.25) is 4.79 Å². The average molecular weight is 486 g/mol. The molecule has 0 spiro atoms. The Kier molecular flexibility index (Phi) is 9.07. The summed E-state index contributed by atoms with van der Waals surface area (Å²) in [5, 5.41) is 2.26. The van der Waals surface area contributed by atoms with Gasteiger partial charge in [0.05, 0.1) is 30.0 Å². The number of carbonyl (C=O) groups excluding carboxylic acids is 3. The molecule has 2 N–H and O–H groups in total. The topological polar surface area (TPSA) is 116 Å². The number of carbonyl (C=O) groups is 3. The number of aromatic amines is 1. The highest BCUT2D eigenvalue weighted by Crippen LogP contribution is 2.35. The Bertz CT molecular complexity index is 1050. The third-order valence-electron chi connectivity index (χ3n) is 4.58. The molecule has 12 heteroatoms.